The van der Waals surface area contributed by atoms with Crippen LogP contribution >= 0.6 is 0 Å². The van der Waals surface area contributed by atoms with Crippen molar-refractivity contribution in [1.29, 1.82) is 0 Å². The van der Waals surface area contributed by atoms with Crippen molar-refractivity contribution in [3.05, 3.63) is 23.8 Å². The third-order valence-corrected chi connectivity index (χ3v) is 14.7. The van der Waals surface area contributed by atoms with Gasteiger partial charge in [-0.2, -0.15) is 0 Å². The summed E-state index contributed by atoms with van der Waals surface area (Å²) in [6, 6.07) is 0. The van der Waals surface area contributed by atoms with Crippen molar-refractivity contribution in [1.82, 2.24) is 0 Å². The average molecular weight is 707 g/mol. The fraction of sp³-hybridized carbons (Fsp3) is 0.900. The SMILES string of the molecule is CC[C@H](C=C[C@@H](C)[C@H]1CC[C@H]2[C@@H]3CC=C4C[C@@H](O[C@@H]5OC[C@@H](O)[C@H](O)[C@H]5O[C@@H]5O[C@H](CO)[C@@H](O)[C@H](O)[C@H]5O)CC[C@]4(C)[C@H]3CC[C@]12C)C(C)C. The van der Waals surface area contributed by atoms with E-state index in [0.717, 1.165) is 37.5 Å². The molecule has 0 bridgehead atoms. The molecule has 2 aliphatic heterocycles. The maximum atomic E-state index is 10.9. The van der Waals surface area contributed by atoms with Crippen molar-refractivity contribution in [2.24, 2.45) is 52.3 Å². The maximum absolute atomic E-state index is 10.9. The first-order chi connectivity index (χ1) is 23.7. The minimum absolute atomic E-state index is 0.120. The molecule has 2 heterocycles. The van der Waals surface area contributed by atoms with E-state index in [9.17, 15) is 30.6 Å². The predicted molar refractivity (Wildman–Crippen MR) is 187 cm³/mol. The summed E-state index contributed by atoms with van der Waals surface area (Å²) >= 11 is 0. The fourth-order valence-corrected chi connectivity index (χ4v) is 11.5. The van der Waals surface area contributed by atoms with Crippen LogP contribution in [0.4, 0.5) is 0 Å². The van der Waals surface area contributed by atoms with Gasteiger partial charge in [0.25, 0.3) is 0 Å². The van der Waals surface area contributed by atoms with Crippen LogP contribution in [0.5, 0.6) is 0 Å². The summed E-state index contributed by atoms with van der Waals surface area (Å²) in [4.78, 5) is 0. The summed E-state index contributed by atoms with van der Waals surface area (Å²) in [7, 11) is 0. The van der Waals surface area contributed by atoms with Crippen LogP contribution in [0.1, 0.15) is 99.3 Å². The summed E-state index contributed by atoms with van der Waals surface area (Å²) in [5.74, 6) is 4.78. The second-order valence-electron chi connectivity index (χ2n) is 17.6. The van der Waals surface area contributed by atoms with E-state index in [0.29, 0.717) is 35.0 Å². The Morgan fingerprint density at radius 3 is 2.34 bits per heavy atom. The zero-order chi connectivity index (χ0) is 36.1. The molecule has 10 nitrogen and oxygen atoms in total. The first-order valence-electron chi connectivity index (χ1n) is 19.7. The van der Waals surface area contributed by atoms with Gasteiger partial charge in [0, 0.05) is 0 Å². The topological polar surface area (TPSA) is 158 Å². The van der Waals surface area contributed by atoms with Crippen molar-refractivity contribution in [3.63, 3.8) is 0 Å². The molecule has 0 aromatic rings. The van der Waals surface area contributed by atoms with Gasteiger partial charge in [-0.15, -0.1) is 0 Å². The van der Waals surface area contributed by atoms with Gasteiger partial charge in [0.1, 0.15) is 42.7 Å². The smallest absolute Gasteiger partial charge is 0.187 e. The molecule has 50 heavy (non-hydrogen) atoms. The molecule has 18 atom stereocenters. The van der Waals surface area contributed by atoms with Crippen molar-refractivity contribution < 1.29 is 49.6 Å². The second-order valence-corrected chi connectivity index (χ2v) is 17.6. The van der Waals surface area contributed by atoms with Crippen molar-refractivity contribution in [3.8, 4) is 0 Å². The lowest BCUT2D eigenvalue weighted by Crippen LogP contribution is -2.63. The second kappa shape index (κ2) is 15.4. The number of aliphatic hydroxyl groups excluding tert-OH is 6. The molecule has 6 rings (SSSR count). The Labute approximate surface area is 299 Å². The lowest BCUT2D eigenvalue weighted by atomic mass is 9.47. The van der Waals surface area contributed by atoms with E-state index in [1.54, 1.807) is 0 Å². The Balaban J connectivity index is 1.12. The Hall–Kier alpha value is -0.920. The molecular formula is C40H66O10. The molecule has 0 aromatic heterocycles. The molecule has 6 N–H and O–H groups in total. The van der Waals surface area contributed by atoms with Gasteiger partial charge < -0.3 is 49.6 Å². The number of fused-ring (bicyclic) bond motifs is 5. The van der Waals surface area contributed by atoms with Gasteiger partial charge in [-0.05, 0) is 110 Å². The Morgan fingerprint density at radius 2 is 1.64 bits per heavy atom. The molecule has 0 spiro atoms. The zero-order valence-electron chi connectivity index (χ0n) is 31.1. The summed E-state index contributed by atoms with van der Waals surface area (Å²) in [6.45, 7) is 13.8. The number of rotatable bonds is 10. The zero-order valence-corrected chi connectivity index (χ0v) is 31.1. The van der Waals surface area contributed by atoms with Crippen LogP contribution in [0.2, 0.25) is 0 Å². The van der Waals surface area contributed by atoms with Gasteiger partial charge in [-0.25, -0.2) is 0 Å². The van der Waals surface area contributed by atoms with E-state index in [2.05, 4.69) is 59.8 Å². The number of aliphatic hydroxyl groups is 6. The molecule has 0 unspecified atom stereocenters. The van der Waals surface area contributed by atoms with E-state index < -0.39 is 61.9 Å². The first kappa shape index (κ1) is 38.8. The normalized spacial score (nSPS) is 49.3. The van der Waals surface area contributed by atoms with E-state index >= 15 is 0 Å². The summed E-state index contributed by atoms with van der Waals surface area (Å²) in [5, 5.41) is 62.0. The van der Waals surface area contributed by atoms with Gasteiger partial charge >= 0.3 is 0 Å². The van der Waals surface area contributed by atoms with Crippen LogP contribution < -0.4 is 0 Å². The highest BCUT2D eigenvalue weighted by Crippen LogP contribution is 2.67. The van der Waals surface area contributed by atoms with E-state index in [1.165, 1.54) is 37.7 Å². The third kappa shape index (κ3) is 7.05. The highest BCUT2D eigenvalue weighted by atomic mass is 16.8. The highest BCUT2D eigenvalue weighted by molar-refractivity contribution is 5.26. The van der Waals surface area contributed by atoms with Gasteiger partial charge in [0.05, 0.1) is 19.3 Å². The predicted octanol–water partition coefficient (Wildman–Crippen LogP) is 4.09. The Morgan fingerprint density at radius 1 is 0.880 bits per heavy atom. The minimum atomic E-state index is -1.65. The van der Waals surface area contributed by atoms with Gasteiger partial charge in [0.2, 0.25) is 0 Å². The number of hydrogen-bond acceptors (Lipinski definition) is 10. The summed E-state index contributed by atoms with van der Waals surface area (Å²) in [6.07, 6.45) is 5.05. The number of hydrogen-bond donors (Lipinski definition) is 6. The Kier molecular flexibility index (Phi) is 12.0. The fourth-order valence-electron chi connectivity index (χ4n) is 11.5. The molecule has 286 valence electrons. The average Bonchev–Trinajstić information content (AvgIpc) is 3.45. The monoisotopic (exact) mass is 706 g/mol. The molecule has 0 aromatic carbocycles. The van der Waals surface area contributed by atoms with E-state index in [-0.39, 0.29) is 18.1 Å². The van der Waals surface area contributed by atoms with E-state index in [1.807, 2.05) is 0 Å². The van der Waals surface area contributed by atoms with Crippen LogP contribution in [-0.2, 0) is 18.9 Å². The molecule has 6 aliphatic rings. The van der Waals surface area contributed by atoms with E-state index in [4.69, 9.17) is 18.9 Å². The first-order valence-corrected chi connectivity index (χ1v) is 19.7. The van der Waals surface area contributed by atoms with Gasteiger partial charge in [0.15, 0.2) is 12.6 Å². The molecular weight excluding hydrogens is 640 g/mol. The van der Waals surface area contributed by atoms with Crippen molar-refractivity contribution in [2.45, 2.75) is 161 Å². The van der Waals surface area contributed by atoms with Crippen molar-refractivity contribution >= 4 is 0 Å². The number of ether oxygens (including phenoxy) is 4. The molecule has 10 heteroatoms. The molecule has 2 saturated heterocycles. The lowest BCUT2D eigenvalue weighted by molar-refractivity contribution is -0.361. The quantitative estimate of drug-likeness (QED) is 0.183. The van der Waals surface area contributed by atoms with Gasteiger partial charge in [-0.1, -0.05) is 65.3 Å². The van der Waals surface area contributed by atoms with Crippen LogP contribution in [0.15, 0.2) is 23.8 Å². The summed E-state index contributed by atoms with van der Waals surface area (Å²) < 4.78 is 23.8. The summed E-state index contributed by atoms with van der Waals surface area (Å²) in [5.41, 5.74) is 1.95. The Bertz CT molecular complexity index is 1210. The highest BCUT2D eigenvalue weighted by Gasteiger charge is 2.59. The van der Waals surface area contributed by atoms with Crippen LogP contribution in [-0.4, -0.2) is 105 Å². The molecule has 4 aliphatic carbocycles. The molecule has 3 saturated carbocycles. The molecule has 0 radical (unpaired) electrons. The third-order valence-electron chi connectivity index (χ3n) is 14.7. The standard InChI is InChI=1S/C40H66O10/c1-7-23(21(2)3)9-8-22(4)27-12-13-28-26-11-10-24-18-25(14-16-39(24,5)29(26)15-17-40(27,28)6)48-38-36(32(43)30(42)20-47-38)50-37-35(46)34(45)33(44)31(19-41)49-37/h8-10,21-23,25-38,41-46H,7,11-20H2,1-6H3/t22-,23-,25+,26+,27-,28+,29+,30-,31-,32+,33-,34+,35-,36-,37+,38+,39+,40-/m1/s1. The lowest BCUT2D eigenvalue weighted by Gasteiger charge is -2.58. The van der Waals surface area contributed by atoms with Crippen LogP contribution in [0.25, 0.3) is 0 Å². The van der Waals surface area contributed by atoms with Gasteiger partial charge in [-0.3, -0.25) is 0 Å². The minimum Gasteiger partial charge on any atom is -0.394 e. The maximum Gasteiger partial charge on any atom is 0.187 e. The van der Waals surface area contributed by atoms with Crippen LogP contribution in [0, 0.1) is 52.3 Å². The van der Waals surface area contributed by atoms with Crippen LogP contribution in [0.3, 0.4) is 0 Å². The number of allylic oxidation sites excluding steroid dienone is 3. The molecule has 5 fully saturated rings. The molecule has 0 amide bonds. The largest absolute Gasteiger partial charge is 0.394 e. The van der Waals surface area contributed by atoms with Crippen molar-refractivity contribution in [2.75, 3.05) is 13.2 Å².